The molecule has 0 spiro atoms. The van der Waals surface area contributed by atoms with Crippen LogP contribution in [0.5, 0.6) is 0 Å². The summed E-state index contributed by atoms with van der Waals surface area (Å²) < 4.78 is 0. The molecule has 0 radical (unpaired) electrons. The maximum Gasteiger partial charge on any atom is 0.0756 e. The van der Waals surface area contributed by atoms with Crippen LogP contribution in [0.4, 0.5) is 0 Å². The quantitative estimate of drug-likeness (QED) is 0.547. The molecule has 10 heavy (non-hydrogen) atoms. The summed E-state index contributed by atoms with van der Waals surface area (Å²) in [6.07, 6.45) is 11.0. The molecule has 0 atom stereocenters. The molecular formula is C9H14O. The van der Waals surface area contributed by atoms with Gasteiger partial charge in [-0.25, -0.2) is 0 Å². The van der Waals surface area contributed by atoms with Crippen LogP contribution in [0, 0.1) is 12.3 Å². The van der Waals surface area contributed by atoms with E-state index in [1.54, 1.807) is 0 Å². The number of hydrogen-bond acceptors (Lipinski definition) is 1. The number of aliphatic hydroxyl groups is 1. The molecule has 0 aliphatic heterocycles. The highest BCUT2D eigenvalue weighted by molar-refractivity contribution is 4.96. The Morgan fingerprint density at radius 1 is 1.30 bits per heavy atom. The van der Waals surface area contributed by atoms with Crippen LogP contribution >= 0.6 is 0 Å². The van der Waals surface area contributed by atoms with Gasteiger partial charge in [0.2, 0.25) is 0 Å². The van der Waals surface area contributed by atoms with Gasteiger partial charge < -0.3 is 5.11 Å². The van der Waals surface area contributed by atoms with Gasteiger partial charge in [-0.2, -0.15) is 0 Å². The Hall–Kier alpha value is -0.480. The third-order valence-electron chi connectivity index (χ3n) is 2.22. The first-order chi connectivity index (χ1) is 4.77. The van der Waals surface area contributed by atoms with Crippen LogP contribution in [0.25, 0.3) is 0 Å². The molecule has 0 heterocycles. The van der Waals surface area contributed by atoms with Gasteiger partial charge in [-0.1, -0.05) is 19.3 Å². The molecule has 1 nitrogen and oxygen atoms in total. The summed E-state index contributed by atoms with van der Waals surface area (Å²) in [5.74, 6) is 2.53. The molecule has 0 aromatic heterocycles. The first kappa shape index (κ1) is 7.63. The van der Waals surface area contributed by atoms with E-state index in [-0.39, 0.29) is 0 Å². The lowest BCUT2D eigenvalue weighted by atomic mass is 9.83. The Kier molecular flexibility index (Phi) is 2.34. The van der Waals surface area contributed by atoms with Crippen LogP contribution < -0.4 is 0 Å². The van der Waals surface area contributed by atoms with Crippen molar-refractivity contribution in [1.82, 2.24) is 0 Å². The second kappa shape index (κ2) is 3.07. The van der Waals surface area contributed by atoms with E-state index in [1.165, 1.54) is 6.42 Å². The first-order valence-corrected chi connectivity index (χ1v) is 3.93. The minimum atomic E-state index is -0.507. The van der Waals surface area contributed by atoms with Crippen molar-refractivity contribution in [3.63, 3.8) is 0 Å². The lowest BCUT2D eigenvalue weighted by molar-refractivity contribution is 0.00898. The lowest BCUT2D eigenvalue weighted by Crippen LogP contribution is -2.30. The van der Waals surface area contributed by atoms with Crippen molar-refractivity contribution in [2.75, 3.05) is 0 Å². The SMILES string of the molecule is C#CCC1(O)CCCCC1. The second-order valence-electron chi connectivity index (χ2n) is 3.17. The van der Waals surface area contributed by atoms with E-state index < -0.39 is 5.60 Å². The molecule has 0 unspecified atom stereocenters. The molecule has 0 saturated heterocycles. The summed E-state index contributed by atoms with van der Waals surface area (Å²) in [5.41, 5.74) is -0.507. The molecule has 1 aliphatic rings. The van der Waals surface area contributed by atoms with E-state index in [2.05, 4.69) is 5.92 Å². The Labute approximate surface area is 62.4 Å². The topological polar surface area (TPSA) is 20.2 Å². The van der Waals surface area contributed by atoms with Crippen molar-refractivity contribution in [1.29, 1.82) is 0 Å². The Balaban J connectivity index is 2.42. The largest absolute Gasteiger partial charge is 0.389 e. The zero-order valence-corrected chi connectivity index (χ0v) is 6.27. The van der Waals surface area contributed by atoms with Gasteiger partial charge in [0.1, 0.15) is 0 Å². The van der Waals surface area contributed by atoms with Crippen LogP contribution in [0.3, 0.4) is 0 Å². The standard InChI is InChI=1S/C9H14O/c1-2-6-9(10)7-4-3-5-8-9/h1,10H,3-8H2. The summed E-state index contributed by atoms with van der Waals surface area (Å²) in [7, 11) is 0. The van der Waals surface area contributed by atoms with E-state index in [9.17, 15) is 5.11 Å². The van der Waals surface area contributed by atoms with E-state index in [0.29, 0.717) is 6.42 Å². The first-order valence-electron chi connectivity index (χ1n) is 3.93. The van der Waals surface area contributed by atoms with E-state index in [0.717, 1.165) is 25.7 Å². The monoisotopic (exact) mass is 138 g/mol. The lowest BCUT2D eigenvalue weighted by Gasteiger charge is -2.29. The average molecular weight is 138 g/mol. The minimum absolute atomic E-state index is 0.507. The predicted molar refractivity (Wildman–Crippen MR) is 41.5 cm³/mol. The van der Waals surface area contributed by atoms with Crippen molar-refractivity contribution in [3.05, 3.63) is 0 Å². The van der Waals surface area contributed by atoms with Gasteiger partial charge in [0, 0.05) is 6.42 Å². The molecular weight excluding hydrogens is 124 g/mol. The van der Waals surface area contributed by atoms with Crippen LogP contribution in [0.15, 0.2) is 0 Å². The fourth-order valence-electron chi connectivity index (χ4n) is 1.58. The smallest absolute Gasteiger partial charge is 0.0756 e. The van der Waals surface area contributed by atoms with Crippen LogP contribution in [0.2, 0.25) is 0 Å². The summed E-state index contributed by atoms with van der Waals surface area (Å²) in [6, 6.07) is 0. The maximum atomic E-state index is 9.73. The summed E-state index contributed by atoms with van der Waals surface area (Å²) in [6.45, 7) is 0. The summed E-state index contributed by atoms with van der Waals surface area (Å²) in [4.78, 5) is 0. The highest BCUT2D eigenvalue weighted by Gasteiger charge is 2.27. The second-order valence-corrected chi connectivity index (χ2v) is 3.17. The van der Waals surface area contributed by atoms with Crippen molar-refractivity contribution in [3.8, 4) is 12.3 Å². The van der Waals surface area contributed by atoms with Gasteiger partial charge >= 0.3 is 0 Å². The van der Waals surface area contributed by atoms with Crippen molar-refractivity contribution < 1.29 is 5.11 Å². The zero-order valence-electron chi connectivity index (χ0n) is 6.27. The third-order valence-corrected chi connectivity index (χ3v) is 2.22. The van der Waals surface area contributed by atoms with Crippen LogP contribution in [0.1, 0.15) is 38.5 Å². The maximum absolute atomic E-state index is 9.73. The Bertz CT molecular complexity index is 137. The van der Waals surface area contributed by atoms with E-state index >= 15 is 0 Å². The molecule has 56 valence electrons. The van der Waals surface area contributed by atoms with Gasteiger partial charge in [-0.3, -0.25) is 0 Å². The molecule has 0 aromatic rings. The molecule has 0 amide bonds. The molecule has 1 saturated carbocycles. The Morgan fingerprint density at radius 3 is 2.40 bits per heavy atom. The Morgan fingerprint density at radius 2 is 1.90 bits per heavy atom. The molecule has 1 rings (SSSR count). The van der Waals surface area contributed by atoms with Gasteiger partial charge in [-0.15, -0.1) is 12.3 Å². The normalized spacial score (nSPS) is 23.6. The van der Waals surface area contributed by atoms with Crippen molar-refractivity contribution in [2.45, 2.75) is 44.1 Å². The van der Waals surface area contributed by atoms with Crippen molar-refractivity contribution in [2.24, 2.45) is 0 Å². The third kappa shape index (κ3) is 1.75. The molecule has 1 fully saturated rings. The molecule has 1 N–H and O–H groups in total. The minimum Gasteiger partial charge on any atom is -0.389 e. The number of hydrogen-bond donors (Lipinski definition) is 1. The predicted octanol–water partition coefficient (Wildman–Crippen LogP) is 1.70. The fraction of sp³-hybridized carbons (Fsp3) is 0.778. The van der Waals surface area contributed by atoms with Crippen molar-refractivity contribution >= 4 is 0 Å². The molecule has 0 bridgehead atoms. The van der Waals surface area contributed by atoms with E-state index in [4.69, 9.17) is 6.42 Å². The average Bonchev–Trinajstić information content (AvgIpc) is 1.89. The van der Waals surface area contributed by atoms with Crippen LogP contribution in [-0.4, -0.2) is 10.7 Å². The number of terminal acetylenes is 1. The van der Waals surface area contributed by atoms with Gasteiger partial charge in [0.25, 0.3) is 0 Å². The molecule has 0 aromatic carbocycles. The van der Waals surface area contributed by atoms with Gasteiger partial charge in [-0.05, 0) is 12.8 Å². The fourth-order valence-corrected chi connectivity index (χ4v) is 1.58. The van der Waals surface area contributed by atoms with Gasteiger partial charge in [0.15, 0.2) is 0 Å². The highest BCUT2D eigenvalue weighted by atomic mass is 16.3. The molecule has 1 aliphatic carbocycles. The van der Waals surface area contributed by atoms with E-state index in [1.807, 2.05) is 0 Å². The summed E-state index contributed by atoms with van der Waals surface area (Å²) in [5, 5.41) is 9.73. The van der Waals surface area contributed by atoms with Gasteiger partial charge in [0.05, 0.1) is 5.60 Å². The number of rotatable bonds is 1. The zero-order chi connectivity index (χ0) is 7.45. The summed E-state index contributed by atoms with van der Waals surface area (Å²) >= 11 is 0. The molecule has 1 heteroatoms. The highest BCUT2D eigenvalue weighted by Crippen LogP contribution is 2.30. The van der Waals surface area contributed by atoms with Crippen LogP contribution in [-0.2, 0) is 0 Å².